The van der Waals surface area contributed by atoms with Gasteiger partial charge in [0.05, 0.1) is 10.0 Å². The lowest BCUT2D eigenvalue weighted by molar-refractivity contribution is -0.122. The second kappa shape index (κ2) is 7.83. The van der Waals surface area contributed by atoms with Crippen LogP contribution in [0.25, 0.3) is 0 Å². The maximum atomic E-state index is 12.2. The van der Waals surface area contributed by atoms with Gasteiger partial charge in [0.15, 0.2) is 0 Å². The van der Waals surface area contributed by atoms with Crippen molar-refractivity contribution in [2.24, 2.45) is 5.92 Å². The van der Waals surface area contributed by atoms with Crippen LogP contribution in [0.2, 0.25) is 10.0 Å². The molecule has 0 aliphatic carbocycles. The van der Waals surface area contributed by atoms with Gasteiger partial charge >= 0.3 is 0 Å². The van der Waals surface area contributed by atoms with Gasteiger partial charge in [-0.1, -0.05) is 23.2 Å². The first-order valence-corrected chi connectivity index (χ1v) is 8.35. The first kappa shape index (κ1) is 17.0. The van der Waals surface area contributed by atoms with Crippen molar-refractivity contribution in [3.63, 3.8) is 0 Å². The summed E-state index contributed by atoms with van der Waals surface area (Å²) >= 11 is 12.0. The van der Waals surface area contributed by atoms with E-state index in [-0.39, 0.29) is 11.8 Å². The van der Waals surface area contributed by atoms with Gasteiger partial charge in [-0.25, -0.2) is 4.98 Å². The molecular formula is C17H16Cl2N2O3. The molecule has 0 bridgehead atoms. The molecule has 1 aromatic heterocycles. The van der Waals surface area contributed by atoms with Crippen molar-refractivity contribution in [1.82, 2.24) is 4.98 Å². The predicted molar refractivity (Wildman–Crippen MR) is 92.9 cm³/mol. The molecule has 1 N–H and O–H groups in total. The van der Waals surface area contributed by atoms with Crippen molar-refractivity contribution in [3.8, 4) is 11.6 Å². The standard InChI is InChI=1S/C17H16Cl2N2O3/c18-12-1-4-16(20-10-12)24-15-3-2-13(9-14(15)19)21-17(22)11-5-7-23-8-6-11/h1-4,9-11H,5-8H2,(H,21,22). The summed E-state index contributed by atoms with van der Waals surface area (Å²) in [4.78, 5) is 16.3. The summed E-state index contributed by atoms with van der Waals surface area (Å²) in [5, 5.41) is 3.80. The normalized spacial score (nSPS) is 15.1. The Labute approximate surface area is 149 Å². The van der Waals surface area contributed by atoms with Gasteiger partial charge in [-0.3, -0.25) is 4.79 Å². The summed E-state index contributed by atoms with van der Waals surface area (Å²) < 4.78 is 10.9. The first-order chi connectivity index (χ1) is 11.6. The number of benzene rings is 1. The third-order valence-corrected chi connectivity index (χ3v) is 4.23. The predicted octanol–water partition coefficient (Wildman–Crippen LogP) is 4.55. The van der Waals surface area contributed by atoms with E-state index in [1.165, 1.54) is 6.20 Å². The Morgan fingerprint density at radius 2 is 2.00 bits per heavy atom. The zero-order valence-corrected chi connectivity index (χ0v) is 14.3. The summed E-state index contributed by atoms with van der Waals surface area (Å²) in [7, 11) is 0. The van der Waals surface area contributed by atoms with Gasteiger partial charge in [0.25, 0.3) is 0 Å². The number of hydrogen-bond acceptors (Lipinski definition) is 4. The van der Waals surface area contributed by atoms with Crippen LogP contribution >= 0.6 is 23.2 Å². The van der Waals surface area contributed by atoms with Crippen LogP contribution in [-0.4, -0.2) is 24.1 Å². The summed E-state index contributed by atoms with van der Waals surface area (Å²) in [5.74, 6) is 0.810. The summed E-state index contributed by atoms with van der Waals surface area (Å²) in [6, 6.07) is 8.43. The highest BCUT2D eigenvalue weighted by molar-refractivity contribution is 6.32. The molecule has 1 fully saturated rings. The number of carbonyl (C=O) groups is 1. The average molecular weight is 367 g/mol. The molecule has 1 amide bonds. The number of rotatable bonds is 4. The van der Waals surface area contributed by atoms with E-state index < -0.39 is 0 Å². The van der Waals surface area contributed by atoms with Crippen molar-refractivity contribution in [3.05, 3.63) is 46.6 Å². The lowest BCUT2D eigenvalue weighted by atomic mass is 9.99. The number of amides is 1. The highest BCUT2D eigenvalue weighted by Crippen LogP contribution is 2.31. The number of nitrogens with zero attached hydrogens (tertiary/aromatic N) is 1. The minimum Gasteiger partial charge on any atom is -0.437 e. The largest absolute Gasteiger partial charge is 0.437 e. The van der Waals surface area contributed by atoms with Gasteiger partial charge in [-0.05, 0) is 37.1 Å². The molecule has 0 unspecified atom stereocenters. The van der Waals surface area contributed by atoms with Crippen molar-refractivity contribution in [1.29, 1.82) is 0 Å². The van der Waals surface area contributed by atoms with Crippen LogP contribution in [0.5, 0.6) is 11.6 Å². The van der Waals surface area contributed by atoms with E-state index in [1.54, 1.807) is 30.3 Å². The Kier molecular flexibility index (Phi) is 5.56. The zero-order chi connectivity index (χ0) is 16.9. The van der Waals surface area contributed by atoms with Gasteiger partial charge in [-0.2, -0.15) is 0 Å². The van der Waals surface area contributed by atoms with Crippen molar-refractivity contribution in [2.75, 3.05) is 18.5 Å². The van der Waals surface area contributed by atoms with Gasteiger partial charge < -0.3 is 14.8 Å². The van der Waals surface area contributed by atoms with Crippen LogP contribution in [-0.2, 0) is 9.53 Å². The molecule has 1 saturated heterocycles. The van der Waals surface area contributed by atoms with Crippen LogP contribution in [0.4, 0.5) is 5.69 Å². The Balaban J connectivity index is 1.65. The van der Waals surface area contributed by atoms with E-state index in [2.05, 4.69) is 10.3 Å². The fourth-order valence-electron chi connectivity index (χ4n) is 2.40. The number of nitrogens with one attached hydrogen (secondary N) is 1. The Morgan fingerprint density at radius 3 is 2.67 bits per heavy atom. The summed E-state index contributed by atoms with van der Waals surface area (Å²) in [5.41, 5.74) is 0.632. The second-order valence-electron chi connectivity index (χ2n) is 5.44. The lowest BCUT2D eigenvalue weighted by Gasteiger charge is -2.21. The van der Waals surface area contributed by atoms with E-state index in [0.29, 0.717) is 40.6 Å². The van der Waals surface area contributed by atoms with Gasteiger partial charge in [-0.15, -0.1) is 0 Å². The number of anilines is 1. The number of carbonyl (C=O) groups excluding carboxylic acids is 1. The minimum absolute atomic E-state index is 0.0117. The number of ether oxygens (including phenoxy) is 2. The maximum Gasteiger partial charge on any atom is 0.227 e. The quantitative estimate of drug-likeness (QED) is 0.862. The van der Waals surface area contributed by atoms with Crippen LogP contribution in [0.15, 0.2) is 36.5 Å². The Morgan fingerprint density at radius 1 is 1.21 bits per heavy atom. The van der Waals surface area contributed by atoms with Crippen LogP contribution in [0, 0.1) is 5.92 Å². The van der Waals surface area contributed by atoms with Crippen molar-refractivity contribution >= 4 is 34.8 Å². The monoisotopic (exact) mass is 366 g/mol. The van der Waals surface area contributed by atoms with Crippen LogP contribution in [0.3, 0.4) is 0 Å². The summed E-state index contributed by atoms with van der Waals surface area (Å²) in [6.45, 7) is 1.25. The smallest absolute Gasteiger partial charge is 0.227 e. The molecule has 0 atom stereocenters. The molecule has 1 aromatic carbocycles. The highest BCUT2D eigenvalue weighted by atomic mass is 35.5. The third kappa shape index (κ3) is 4.38. The van der Waals surface area contributed by atoms with Crippen molar-refractivity contribution < 1.29 is 14.3 Å². The SMILES string of the molecule is O=C(Nc1ccc(Oc2ccc(Cl)cn2)c(Cl)c1)C1CCOCC1. The fraction of sp³-hybridized carbons (Fsp3) is 0.294. The molecule has 1 aliphatic heterocycles. The molecule has 1 aliphatic rings. The number of pyridine rings is 1. The average Bonchev–Trinajstić information content (AvgIpc) is 2.60. The molecule has 24 heavy (non-hydrogen) atoms. The number of aromatic nitrogens is 1. The first-order valence-electron chi connectivity index (χ1n) is 7.59. The highest BCUT2D eigenvalue weighted by Gasteiger charge is 2.21. The molecular weight excluding hydrogens is 351 g/mol. The van der Waals surface area contributed by atoms with Gasteiger partial charge in [0.2, 0.25) is 11.8 Å². The third-order valence-electron chi connectivity index (χ3n) is 3.71. The molecule has 2 heterocycles. The topological polar surface area (TPSA) is 60.5 Å². The Bertz CT molecular complexity index is 716. The second-order valence-corrected chi connectivity index (χ2v) is 6.28. The fourth-order valence-corrected chi connectivity index (χ4v) is 2.73. The lowest BCUT2D eigenvalue weighted by Crippen LogP contribution is -2.28. The van der Waals surface area contributed by atoms with E-state index >= 15 is 0 Å². The van der Waals surface area contributed by atoms with Crippen molar-refractivity contribution in [2.45, 2.75) is 12.8 Å². The minimum atomic E-state index is -0.0216. The van der Waals surface area contributed by atoms with Gasteiger partial charge in [0, 0.05) is 37.1 Å². The molecule has 0 saturated carbocycles. The molecule has 0 spiro atoms. The molecule has 5 nitrogen and oxygen atoms in total. The molecule has 126 valence electrons. The zero-order valence-electron chi connectivity index (χ0n) is 12.8. The van der Waals surface area contributed by atoms with E-state index in [0.717, 1.165) is 12.8 Å². The maximum absolute atomic E-state index is 12.2. The summed E-state index contributed by atoms with van der Waals surface area (Å²) in [6.07, 6.45) is 2.97. The molecule has 7 heteroatoms. The number of halogens is 2. The Hall–Kier alpha value is -1.82. The van der Waals surface area contributed by atoms with Gasteiger partial charge in [0.1, 0.15) is 5.75 Å². The molecule has 2 aromatic rings. The van der Waals surface area contributed by atoms with E-state index in [4.69, 9.17) is 32.7 Å². The van der Waals surface area contributed by atoms with E-state index in [1.807, 2.05) is 0 Å². The van der Waals surface area contributed by atoms with Crippen LogP contribution in [0.1, 0.15) is 12.8 Å². The molecule has 0 radical (unpaired) electrons. The van der Waals surface area contributed by atoms with E-state index in [9.17, 15) is 4.79 Å². The molecule has 3 rings (SSSR count). The number of hydrogen-bond donors (Lipinski definition) is 1. The van der Waals surface area contributed by atoms with Crippen LogP contribution < -0.4 is 10.1 Å².